The van der Waals surface area contributed by atoms with Gasteiger partial charge >= 0.3 is 0 Å². The molecule has 2 amide bonds. The monoisotopic (exact) mass is 490 g/mol. The summed E-state index contributed by atoms with van der Waals surface area (Å²) in [6.45, 7) is 0.858. The first-order valence-corrected chi connectivity index (χ1v) is 10.7. The number of nitrogens with one attached hydrogen (secondary N) is 1. The van der Waals surface area contributed by atoms with Crippen LogP contribution in [0.2, 0.25) is 0 Å². The van der Waals surface area contributed by atoms with Gasteiger partial charge in [0.25, 0.3) is 11.8 Å². The van der Waals surface area contributed by atoms with Gasteiger partial charge in [-0.25, -0.2) is 0 Å². The first-order chi connectivity index (χ1) is 15.0. The van der Waals surface area contributed by atoms with Crippen LogP contribution in [0.1, 0.15) is 21.5 Å². The topological polar surface area (TPSA) is 86.3 Å². The Labute approximate surface area is 188 Å². The van der Waals surface area contributed by atoms with E-state index in [0.29, 0.717) is 47.5 Å². The first-order valence-electron chi connectivity index (χ1n) is 9.91. The summed E-state index contributed by atoms with van der Waals surface area (Å²) in [7, 11) is 3.36. The smallest absolute Gasteiger partial charge is 0.257 e. The number of amides is 2. The average molecular weight is 491 g/mol. The molecule has 0 saturated heterocycles. The summed E-state index contributed by atoms with van der Waals surface area (Å²) in [6, 6.07) is 7.68. The van der Waals surface area contributed by atoms with Crippen molar-refractivity contribution in [2.45, 2.75) is 12.8 Å². The maximum Gasteiger partial charge on any atom is 0.257 e. The van der Waals surface area contributed by atoms with E-state index >= 15 is 0 Å². The van der Waals surface area contributed by atoms with Gasteiger partial charge in [-0.1, -0.05) is 12.1 Å². The zero-order valence-corrected chi connectivity index (χ0v) is 18.9. The van der Waals surface area contributed by atoms with Crippen LogP contribution < -0.4 is 24.3 Å². The number of hydrogen-bond acceptors (Lipinski definition) is 6. The molecule has 2 aromatic rings. The van der Waals surface area contributed by atoms with Crippen molar-refractivity contribution >= 4 is 27.7 Å². The van der Waals surface area contributed by atoms with E-state index in [1.54, 1.807) is 19.1 Å². The van der Waals surface area contributed by atoms with E-state index in [4.69, 9.17) is 18.9 Å². The van der Waals surface area contributed by atoms with Crippen LogP contribution in [0.4, 0.5) is 0 Å². The van der Waals surface area contributed by atoms with Crippen molar-refractivity contribution in [3.63, 3.8) is 0 Å². The summed E-state index contributed by atoms with van der Waals surface area (Å²) >= 11 is 3.53. The molecule has 9 heteroatoms. The van der Waals surface area contributed by atoms with Gasteiger partial charge in [-0.05, 0) is 52.0 Å². The molecule has 0 spiro atoms. The highest BCUT2D eigenvalue weighted by Crippen LogP contribution is 2.51. The minimum Gasteiger partial charge on any atom is -0.497 e. The summed E-state index contributed by atoms with van der Waals surface area (Å²) in [5, 5.41) is 2.84. The third-order valence-electron chi connectivity index (χ3n) is 5.31. The zero-order valence-electron chi connectivity index (χ0n) is 17.3. The number of carbonyl (C=O) groups is 2. The second-order valence-electron chi connectivity index (χ2n) is 7.27. The lowest BCUT2D eigenvalue weighted by atomic mass is 9.97. The van der Waals surface area contributed by atoms with Crippen LogP contribution in [0.15, 0.2) is 28.7 Å². The molecule has 2 aliphatic rings. The van der Waals surface area contributed by atoms with Crippen molar-refractivity contribution < 1.29 is 28.5 Å². The van der Waals surface area contributed by atoms with E-state index in [1.165, 1.54) is 0 Å². The van der Waals surface area contributed by atoms with Gasteiger partial charge in [0, 0.05) is 20.1 Å². The van der Waals surface area contributed by atoms with Gasteiger partial charge < -0.3 is 29.2 Å². The molecular weight excluding hydrogens is 468 g/mol. The number of carbonyl (C=O) groups excluding carboxylic acids is 2. The molecule has 0 saturated carbocycles. The van der Waals surface area contributed by atoms with Crippen LogP contribution in [0.5, 0.6) is 23.0 Å². The van der Waals surface area contributed by atoms with Gasteiger partial charge in [0.1, 0.15) is 5.75 Å². The Morgan fingerprint density at radius 2 is 1.97 bits per heavy atom. The average Bonchev–Trinajstić information content (AvgIpc) is 3.27. The first kappa shape index (κ1) is 21.3. The number of hydrogen-bond donors (Lipinski definition) is 1. The van der Waals surface area contributed by atoms with Crippen molar-refractivity contribution in [2.24, 2.45) is 0 Å². The van der Waals surface area contributed by atoms with Gasteiger partial charge in [0.05, 0.1) is 17.1 Å². The molecule has 0 radical (unpaired) electrons. The maximum atomic E-state index is 12.8. The molecule has 8 nitrogen and oxygen atoms in total. The fourth-order valence-electron chi connectivity index (χ4n) is 3.61. The molecule has 2 aromatic carbocycles. The van der Waals surface area contributed by atoms with Gasteiger partial charge in [-0.2, -0.15) is 0 Å². The van der Waals surface area contributed by atoms with Crippen molar-refractivity contribution in [1.82, 2.24) is 10.2 Å². The summed E-state index contributed by atoms with van der Waals surface area (Å²) in [6.07, 6.45) is 1.33. The molecule has 0 bridgehead atoms. The third-order valence-corrected chi connectivity index (χ3v) is 6.15. The normalized spacial score (nSPS) is 14.3. The number of fused-ring (bicyclic) bond motifs is 2. The highest BCUT2D eigenvalue weighted by molar-refractivity contribution is 9.10. The van der Waals surface area contributed by atoms with Crippen molar-refractivity contribution in [3.05, 3.63) is 45.4 Å². The van der Waals surface area contributed by atoms with Crippen LogP contribution in [0, 0.1) is 0 Å². The second kappa shape index (κ2) is 9.05. The third kappa shape index (κ3) is 4.27. The minimum atomic E-state index is -0.283. The lowest BCUT2D eigenvalue weighted by molar-refractivity contribution is -0.123. The highest BCUT2D eigenvalue weighted by Gasteiger charge is 2.36. The number of halogens is 1. The molecule has 164 valence electrons. The lowest BCUT2D eigenvalue weighted by Crippen LogP contribution is -2.35. The summed E-state index contributed by atoms with van der Waals surface area (Å²) < 4.78 is 22.8. The fraction of sp³-hybridized carbons (Fsp3) is 0.364. The van der Waals surface area contributed by atoms with Crippen molar-refractivity contribution in [1.29, 1.82) is 0 Å². The van der Waals surface area contributed by atoms with Crippen LogP contribution in [0.25, 0.3) is 0 Å². The summed E-state index contributed by atoms with van der Waals surface area (Å²) in [5.41, 5.74) is 2.30. The molecule has 2 aliphatic heterocycles. The van der Waals surface area contributed by atoms with E-state index in [-0.39, 0.29) is 31.0 Å². The number of methoxy groups -OCH3 is 1. The molecule has 2 heterocycles. The Bertz CT molecular complexity index is 1010. The van der Waals surface area contributed by atoms with Crippen LogP contribution in [-0.2, 0) is 17.6 Å². The number of nitrogens with zero attached hydrogens (tertiary/aromatic N) is 1. The quantitative estimate of drug-likeness (QED) is 0.641. The summed E-state index contributed by atoms with van der Waals surface area (Å²) in [5.74, 6) is 1.45. The van der Waals surface area contributed by atoms with E-state index in [9.17, 15) is 9.59 Å². The largest absolute Gasteiger partial charge is 0.497 e. The zero-order chi connectivity index (χ0) is 22.0. The molecule has 0 aromatic heterocycles. The van der Waals surface area contributed by atoms with Gasteiger partial charge in [-0.3, -0.25) is 9.59 Å². The molecule has 31 heavy (non-hydrogen) atoms. The minimum absolute atomic E-state index is 0.0330. The molecular formula is C22H23BrN2O6. The SMILES string of the molecule is COc1ccc(CCNC(=O)COc2c3c(c(Br)c4c2C(=O)N(C)CC4)OCO3)cc1. The molecule has 0 unspecified atom stereocenters. The molecule has 0 atom stereocenters. The Balaban J connectivity index is 1.43. The van der Waals surface area contributed by atoms with Crippen molar-refractivity contribution in [3.8, 4) is 23.0 Å². The summed E-state index contributed by atoms with van der Waals surface area (Å²) in [4.78, 5) is 26.8. The van der Waals surface area contributed by atoms with E-state index in [0.717, 1.165) is 16.9 Å². The Morgan fingerprint density at radius 1 is 1.23 bits per heavy atom. The number of ether oxygens (including phenoxy) is 4. The highest BCUT2D eigenvalue weighted by atomic mass is 79.9. The molecule has 0 aliphatic carbocycles. The van der Waals surface area contributed by atoms with Gasteiger partial charge in [0.2, 0.25) is 12.5 Å². The molecule has 0 fully saturated rings. The Morgan fingerprint density at radius 3 is 2.71 bits per heavy atom. The number of benzene rings is 2. The van der Waals surface area contributed by atoms with Crippen LogP contribution >= 0.6 is 15.9 Å². The van der Waals surface area contributed by atoms with Crippen molar-refractivity contribution in [2.75, 3.05) is 40.6 Å². The Hall–Kier alpha value is -2.94. The maximum absolute atomic E-state index is 12.8. The Kier molecular flexibility index (Phi) is 6.22. The van der Waals surface area contributed by atoms with E-state index in [1.807, 2.05) is 24.3 Å². The standard InChI is InChI=1S/C22H23BrN2O6/c1-25-10-8-15-17(22(25)27)19(21-20(18(15)23)30-12-31-21)29-11-16(26)24-9-7-13-3-5-14(28-2)6-4-13/h3-6H,7-12H2,1-2H3,(H,24,26). The van der Waals surface area contributed by atoms with Gasteiger partial charge in [0.15, 0.2) is 18.1 Å². The molecule has 1 N–H and O–H groups in total. The number of rotatable bonds is 7. The van der Waals surface area contributed by atoms with E-state index in [2.05, 4.69) is 21.2 Å². The fourth-order valence-corrected chi connectivity index (χ4v) is 4.30. The van der Waals surface area contributed by atoms with Crippen LogP contribution in [0.3, 0.4) is 0 Å². The second-order valence-corrected chi connectivity index (χ2v) is 8.07. The van der Waals surface area contributed by atoms with Crippen LogP contribution in [-0.4, -0.2) is 57.4 Å². The molecule has 4 rings (SSSR count). The van der Waals surface area contributed by atoms with Gasteiger partial charge in [-0.15, -0.1) is 0 Å². The predicted octanol–water partition coefficient (Wildman–Crippen LogP) is 2.55. The predicted molar refractivity (Wildman–Crippen MR) is 116 cm³/mol. The number of likely N-dealkylation sites (N-methyl/N-ethyl adjacent to an activating group) is 1. The lowest BCUT2D eigenvalue weighted by Gasteiger charge is -2.28. The van der Waals surface area contributed by atoms with E-state index < -0.39 is 0 Å².